The third-order valence-corrected chi connectivity index (χ3v) is 3.14. The molecule has 2 aromatic rings. The van der Waals surface area contributed by atoms with Crippen molar-refractivity contribution in [2.75, 3.05) is 10.6 Å². The van der Waals surface area contributed by atoms with Gasteiger partial charge in [-0.2, -0.15) is 0 Å². The average Bonchev–Trinajstić information content (AvgIpc) is 2.50. The van der Waals surface area contributed by atoms with Crippen molar-refractivity contribution in [1.82, 2.24) is 0 Å². The number of hydrogen-bond donors (Lipinski definition) is 2. The van der Waals surface area contributed by atoms with Crippen LogP contribution in [0.3, 0.4) is 0 Å². The van der Waals surface area contributed by atoms with Crippen molar-refractivity contribution >= 4 is 23.0 Å². The van der Waals surface area contributed by atoms with Crippen LogP contribution in [-0.4, -0.2) is 5.91 Å². The van der Waals surface area contributed by atoms with Crippen LogP contribution in [0.1, 0.15) is 25.8 Å². The second-order valence-electron chi connectivity index (χ2n) is 4.65. The SMILES string of the molecule is CCC(=O)Nc1ccc(Nc2ccc(CC)cc2)cc1. The monoisotopic (exact) mass is 268 g/mol. The molecular weight excluding hydrogens is 248 g/mol. The lowest BCUT2D eigenvalue weighted by molar-refractivity contribution is -0.115. The lowest BCUT2D eigenvalue weighted by atomic mass is 10.1. The molecule has 0 aromatic heterocycles. The maximum Gasteiger partial charge on any atom is 0.224 e. The predicted molar refractivity (Wildman–Crippen MR) is 84.5 cm³/mol. The molecule has 0 saturated heterocycles. The lowest BCUT2D eigenvalue weighted by Gasteiger charge is -2.09. The Labute approximate surface area is 120 Å². The van der Waals surface area contributed by atoms with Crippen LogP contribution >= 0.6 is 0 Å². The fraction of sp³-hybridized carbons (Fsp3) is 0.235. The largest absolute Gasteiger partial charge is 0.356 e. The molecule has 2 N–H and O–H groups in total. The van der Waals surface area contributed by atoms with E-state index in [1.165, 1.54) is 5.56 Å². The van der Waals surface area contributed by atoms with Crippen molar-refractivity contribution in [1.29, 1.82) is 0 Å². The Morgan fingerprint density at radius 3 is 1.85 bits per heavy atom. The van der Waals surface area contributed by atoms with E-state index in [0.29, 0.717) is 6.42 Å². The number of hydrogen-bond acceptors (Lipinski definition) is 2. The van der Waals surface area contributed by atoms with Crippen molar-refractivity contribution in [2.45, 2.75) is 26.7 Å². The molecule has 0 heterocycles. The first-order valence-corrected chi connectivity index (χ1v) is 6.97. The summed E-state index contributed by atoms with van der Waals surface area (Å²) in [6.45, 7) is 3.98. The van der Waals surface area contributed by atoms with E-state index < -0.39 is 0 Å². The summed E-state index contributed by atoms with van der Waals surface area (Å²) in [6, 6.07) is 16.1. The maximum absolute atomic E-state index is 11.3. The molecule has 1 amide bonds. The molecule has 0 unspecified atom stereocenters. The Morgan fingerprint density at radius 1 is 0.850 bits per heavy atom. The van der Waals surface area contributed by atoms with E-state index in [1.54, 1.807) is 0 Å². The van der Waals surface area contributed by atoms with Gasteiger partial charge >= 0.3 is 0 Å². The normalized spacial score (nSPS) is 10.1. The second-order valence-corrected chi connectivity index (χ2v) is 4.65. The van der Waals surface area contributed by atoms with E-state index in [0.717, 1.165) is 23.5 Å². The molecule has 0 fully saturated rings. The molecule has 0 aliphatic rings. The number of amides is 1. The zero-order valence-corrected chi connectivity index (χ0v) is 11.9. The van der Waals surface area contributed by atoms with E-state index in [2.05, 4.69) is 41.8 Å². The fourth-order valence-electron chi connectivity index (χ4n) is 1.88. The zero-order chi connectivity index (χ0) is 14.4. The van der Waals surface area contributed by atoms with Crippen LogP contribution in [0.4, 0.5) is 17.1 Å². The summed E-state index contributed by atoms with van der Waals surface area (Å²) in [5.41, 5.74) is 4.22. The van der Waals surface area contributed by atoms with Gasteiger partial charge in [0.25, 0.3) is 0 Å². The standard InChI is InChI=1S/C17H20N2O/c1-3-13-5-7-14(8-6-13)18-15-9-11-16(12-10-15)19-17(20)4-2/h5-12,18H,3-4H2,1-2H3,(H,19,20). The molecule has 2 rings (SSSR count). The molecular formula is C17H20N2O. The summed E-state index contributed by atoms with van der Waals surface area (Å²) in [7, 11) is 0. The number of nitrogens with one attached hydrogen (secondary N) is 2. The van der Waals surface area contributed by atoms with Gasteiger partial charge in [-0.15, -0.1) is 0 Å². The lowest BCUT2D eigenvalue weighted by Crippen LogP contribution is -2.09. The van der Waals surface area contributed by atoms with Crippen LogP contribution in [0.2, 0.25) is 0 Å². The summed E-state index contributed by atoms with van der Waals surface area (Å²) in [6.07, 6.45) is 1.54. The number of rotatable bonds is 5. The van der Waals surface area contributed by atoms with E-state index >= 15 is 0 Å². The first kappa shape index (κ1) is 14.1. The minimum atomic E-state index is 0.0286. The van der Waals surface area contributed by atoms with Gasteiger partial charge in [-0.25, -0.2) is 0 Å². The van der Waals surface area contributed by atoms with Gasteiger partial charge in [0.1, 0.15) is 0 Å². The molecule has 3 heteroatoms. The van der Waals surface area contributed by atoms with Crippen LogP contribution in [0, 0.1) is 0 Å². The van der Waals surface area contributed by atoms with Crippen LogP contribution in [-0.2, 0) is 11.2 Å². The highest BCUT2D eigenvalue weighted by Gasteiger charge is 1.99. The Bertz CT molecular complexity index is 559. The second kappa shape index (κ2) is 6.75. The van der Waals surface area contributed by atoms with Crippen LogP contribution in [0.25, 0.3) is 0 Å². The first-order valence-electron chi connectivity index (χ1n) is 6.97. The molecule has 0 bridgehead atoms. The van der Waals surface area contributed by atoms with Crippen LogP contribution in [0.5, 0.6) is 0 Å². The Hall–Kier alpha value is -2.29. The van der Waals surface area contributed by atoms with Crippen molar-refractivity contribution in [2.24, 2.45) is 0 Å². The molecule has 0 saturated carbocycles. The van der Waals surface area contributed by atoms with Gasteiger partial charge < -0.3 is 10.6 Å². The Kier molecular flexibility index (Phi) is 4.77. The summed E-state index contributed by atoms with van der Waals surface area (Å²) in [5.74, 6) is 0.0286. The van der Waals surface area contributed by atoms with Crippen LogP contribution < -0.4 is 10.6 Å². The molecule has 0 radical (unpaired) electrons. The number of carbonyl (C=O) groups excluding carboxylic acids is 1. The molecule has 0 spiro atoms. The summed E-state index contributed by atoms with van der Waals surface area (Å²) >= 11 is 0. The molecule has 3 nitrogen and oxygen atoms in total. The summed E-state index contributed by atoms with van der Waals surface area (Å²) in [4.78, 5) is 11.3. The smallest absolute Gasteiger partial charge is 0.224 e. The first-order chi connectivity index (χ1) is 9.71. The van der Waals surface area contributed by atoms with Gasteiger partial charge in [-0.05, 0) is 48.4 Å². The Morgan fingerprint density at radius 2 is 1.35 bits per heavy atom. The van der Waals surface area contributed by atoms with E-state index in [9.17, 15) is 4.79 Å². The molecule has 2 aromatic carbocycles. The number of carbonyl (C=O) groups is 1. The molecule has 0 aliphatic carbocycles. The van der Waals surface area contributed by atoms with Crippen molar-refractivity contribution in [3.05, 3.63) is 54.1 Å². The third-order valence-electron chi connectivity index (χ3n) is 3.14. The van der Waals surface area contributed by atoms with Gasteiger partial charge in [0.2, 0.25) is 5.91 Å². The summed E-state index contributed by atoms with van der Waals surface area (Å²) < 4.78 is 0. The zero-order valence-electron chi connectivity index (χ0n) is 11.9. The van der Waals surface area contributed by atoms with Gasteiger partial charge in [0, 0.05) is 23.5 Å². The van der Waals surface area contributed by atoms with E-state index in [4.69, 9.17) is 0 Å². The highest BCUT2D eigenvalue weighted by atomic mass is 16.1. The van der Waals surface area contributed by atoms with Gasteiger partial charge in [-0.3, -0.25) is 4.79 Å². The molecule has 104 valence electrons. The van der Waals surface area contributed by atoms with Gasteiger partial charge in [0.05, 0.1) is 0 Å². The molecule has 0 atom stereocenters. The molecule has 0 aliphatic heterocycles. The minimum absolute atomic E-state index is 0.0286. The van der Waals surface area contributed by atoms with E-state index in [-0.39, 0.29) is 5.91 Å². The quantitative estimate of drug-likeness (QED) is 0.846. The molecule has 20 heavy (non-hydrogen) atoms. The number of anilines is 3. The maximum atomic E-state index is 11.3. The minimum Gasteiger partial charge on any atom is -0.356 e. The Balaban J connectivity index is 2.00. The average molecular weight is 268 g/mol. The van der Waals surface area contributed by atoms with Crippen molar-refractivity contribution < 1.29 is 4.79 Å². The van der Waals surface area contributed by atoms with Gasteiger partial charge in [0.15, 0.2) is 0 Å². The highest BCUT2D eigenvalue weighted by Crippen LogP contribution is 2.19. The topological polar surface area (TPSA) is 41.1 Å². The van der Waals surface area contributed by atoms with Crippen molar-refractivity contribution in [3.8, 4) is 0 Å². The van der Waals surface area contributed by atoms with E-state index in [1.807, 2.05) is 31.2 Å². The van der Waals surface area contributed by atoms with Crippen molar-refractivity contribution in [3.63, 3.8) is 0 Å². The van der Waals surface area contributed by atoms with Gasteiger partial charge in [-0.1, -0.05) is 26.0 Å². The number of aryl methyl sites for hydroxylation is 1. The third kappa shape index (κ3) is 3.85. The highest BCUT2D eigenvalue weighted by molar-refractivity contribution is 5.90. The summed E-state index contributed by atoms with van der Waals surface area (Å²) in [5, 5.41) is 6.17. The number of benzene rings is 2. The predicted octanol–water partition coefficient (Wildman–Crippen LogP) is 4.34. The fourth-order valence-corrected chi connectivity index (χ4v) is 1.88. The van der Waals surface area contributed by atoms with Crippen LogP contribution in [0.15, 0.2) is 48.5 Å².